The van der Waals surface area contributed by atoms with Gasteiger partial charge in [0.25, 0.3) is 5.91 Å². The highest BCUT2D eigenvalue weighted by Crippen LogP contribution is 2.46. The molecule has 2 saturated carbocycles. The fourth-order valence-electron chi connectivity index (χ4n) is 7.29. The molecule has 318 valence electrons. The summed E-state index contributed by atoms with van der Waals surface area (Å²) >= 11 is 0. The number of amides is 4. The summed E-state index contributed by atoms with van der Waals surface area (Å²) in [6.07, 6.45) is 0.918. The third kappa shape index (κ3) is 9.58. The minimum Gasteiger partial charge on any atom is -0.497 e. The van der Waals surface area contributed by atoms with Crippen LogP contribution in [0.15, 0.2) is 61.2 Å². The molecule has 3 aromatic rings. The predicted octanol–water partition coefficient (Wildman–Crippen LogP) is 4.93. The first-order valence-corrected chi connectivity index (χ1v) is 21.3. The highest BCUT2D eigenvalue weighted by Gasteiger charge is 2.62. The number of carbonyl (C=O) groups excluding carboxylic acids is 4. The number of benzene rings is 2. The van der Waals surface area contributed by atoms with Crippen molar-refractivity contribution in [2.45, 2.75) is 102 Å². The molecule has 3 N–H and O–H groups in total. The summed E-state index contributed by atoms with van der Waals surface area (Å²) < 4.78 is 45.5. The van der Waals surface area contributed by atoms with Gasteiger partial charge in [0, 0.05) is 43.1 Å². The van der Waals surface area contributed by atoms with E-state index in [0.29, 0.717) is 29.7 Å². The van der Waals surface area contributed by atoms with Gasteiger partial charge in [0.05, 0.1) is 24.6 Å². The lowest BCUT2D eigenvalue weighted by atomic mass is 9.85. The summed E-state index contributed by atoms with van der Waals surface area (Å²) in [5.74, 6) is -1.76. The molecule has 1 aromatic heterocycles. The highest BCUT2D eigenvalue weighted by molar-refractivity contribution is 7.91. The maximum atomic E-state index is 14.7. The van der Waals surface area contributed by atoms with Crippen molar-refractivity contribution in [1.29, 1.82) is 0 Å². The Morgan fingerprint density at radius 3 is 2.25 bits per heavy atom. The van der Waals surface area contributed by atoms with Crippen molar-refractivity contribution >= 4 is 50.3 Å². The minimum absolute atomic E-state index is 0.0151. The van der Waals surface area contributed by atoms with Crippen molar-refractivity contribution in [3.8, 4) is 22.9 Å². The fraction of sp³-hybridized carbons (Fsp3) is 0.512. The average Bonchev–Trinajstić information content (AvgIpc) is 4.09. The van der Waals surface area contributed by atoms with E-state index in [-0.39, 0.29) is 25.3 Å². The first-order chi connectivity index (χ1) is 27.5. The number of methoxy groups -OCH3 is 1. The van der Waals surface area contributed by atoms with E-state index in [9.17, 15) is 27.6 Å². The summed E-state index contributed by atoms with van der Waals surface area (Å²) in [5, 5.41) is 6.34. The molecular weight excluding hydrogens is 777 g/mol. The molecule has 2 aromatic carbocycles. The molecule has 0 radical (unpaired) electrons. The Balaban J connectivity index is 1.35. The third-order valence-electron chi connectivity index (χ3n) is 10.8. The largest absolute Gasteiger partial charge is 0.497 e. The molecule has 6 rings (SSSR count). The van der Waals surface area contributed by atoms with Crippen LogP contribution in [0.25, 0.3) is 22.0 Å². The number of hydrogen-bond donors (Lipinski definition) is 3. The normalized spacial score (nSPS) is 22.2. The Bertz CT molecular complexity index is 2250. The van der Waals surface area contributed by atoms with Crippen LogP contribution in [0.1, 0.15) is 67.2 Å². The number of rotatable bonds is 13. The number of fused-ring (bicyclic) bond motifs is 1. The smallest absolute Gasteiger partial charge is 0.408 e. The van der Waals surface area contributed by atoms with E-state index in [2.05, 4.69) is 21.9 Å². The second-order valence-corrected chi connectivity index (χ2v) is 19.9. The van der Waals surface area contributed by atoms with Crippen molar-refractivity contribution in [3.05, 3.63) is 61.2 Å². The number of alkyl carbamates (subject to hydrolysis) is 1. The highest BCUT2D eigenvalue weighted by atomic mass is 32.2. The number of nitrogens with zero attached hydrogens (tertiary/aromatic N) is 3. The standard InChI is InChI=1S/C43H56N6O9S/c1-11-27-23-43(27,39(52)47-59(54,55)31-17-18-31)46-36(50)34-22-30(24-49(34)38(51)35(41(2,3)4)45-40(53)58-42(5,6)7)57-37-32-19-16-29(56-10)20-26(32)21-33(44-37)25-12-14-28(15-13-25)48(8)9/h11-16,19-21,27,30-31,34-35H,1,17-18,22-24H2,2-10H3,(H,45,53)(H,46,50)(H,47,52)/t27?,30-,34+,35-,43-/m1/s1. The average molecular weight is 833 g/mol. The van der Waals surface area contributed by atoms with E-state index in [1.54, 1.807) is 54.7 Å². The Morgan fingerprint density at radius 2 is 1.69 bits per heavy atom. The van der Waals surface area contributed by atoms with Gasteiger partial charge in [0.15, 0.2) is 0 Å². The molecular formula is C43H56N6O9S. The monoisotopic (exact) mass is 832 g/mol. The zero-order valence-corrected chi connectivity index (χ0v) is 36.1. The molecule has 16 heteroatoms. The third-order valence-corrected chi connectivity index (χ3v) is 12.7. The Labute approximate surface area is 346 Å². The summed E-state index contributed by atoms with van der Waals surface area (Å²) in [5.41, 5.74) is -0.804. The van der Waals surface area contributed by atoms with Crippen LogP contribution in [0.4, 0.5) is 10.5 Å². The van der Waals surface area contributed by atoms with Crippen molar-refractivity contribution < 1.29 is 41.8 Å². The first kappa shape index (κ1) is 43.2. The number of hydrogen-bond acceptors (Lipinski definition) is 11. The SMILES string of the molecule is C=CC1C[C@]1(NC(=O)[C@@H]1C[C@@H](Oc2nc(-c3ccc(N(C)C)cc3)cc3cc(OC)ccc23)CN1C(=O)[C@@H](NC(=O)OC(C)(C)C)C(C)(C)C)C(=O)NS(=O)(=O)C1CC1. The van der Waals surface area contributed by atoms with E-state index < -0.39 is 79.7 Å². The Morgan fingerprint density at radius 1 is 1.02 bits per heavy atom. The van der Waals surface area contributed by atoms with Crippen molar-refractivity contribution in [2.24, 2.45) is 11.3 Å². The van der Waals surface area contributed by atoms with Gasteiger partial charge >= 0.3 is 6.09 Å². The number of pyridine rings is 1. The zero-order valence-electron chi connectivity index (χ0n) is 35.2. The van der Waals surface area contributed by atoms with Crippen molar-refractivity contribution in [1.82, 2.24) is 25.2 Å². The minimum atomic E-state index is -3.93. The number of likely N-dealkylation sites (tertiary alicyclic amines) is 1. The molecule has 2 heterocycles. The van der Waals surface area contributed by atoms with Gasteiger partial charge in [-0.05, 0) is 87.2 Å². The van der Waals surface area contributed by atoms with Crippen LogP contribution in [0, 0.1) is 11.3 Å². The number of aromatic nitrogens is 1. The van der Waals surface area contributed by atoms with Gasteiger partial charge in [-0.3, -0.25) is 19.1 Å². The number of sulfonamides is 1. The van der Waals surface area contributed by atoms with Crippen LogP contribution in [-0.4, -0.2) is 104 Å². The maximum absolute atomic E-state index is 14.7. The van der Waals surface area contributed by atoms with E-state index in [1.807, 2.05) is 61.5 Å². The van der Waals surface area contributed by atoms with Gasteiger partial charge in [0.1, 0.15) is 35.1 Å². The van der Waals surface area contributed by atoms with E-state index >= 15 is 0 Å². The van der Waals surface area contributed by atoms with Gasteiger partial charge in [-0.2, -0.15) is 0 Å². The van der Waals surface area contributed by atoms with Gasteiger partial charge in [-0.1, -0.05) is 39.0 Å². The summed E-state index contributed by atoms with van der Waals surface area (Å²) in [4.78, 5) is 64.2. The van der Waals surface area contributed by atoms with Crippen LogP contribution in [0.3, 0.4) is 0 Å². The van der Waals surface area contributed by atoms with Gasteiger partial charge in [-0.15, -0.1) is 6.58 Å². The summed E-state index contributed by atoms with van der Waals surface area (Å²) in [6, 6.07) is 13.0. The molecule has 1 unspecified atom stereocenters. The lowest BCUT2D eigenvalue weighted by Gasteiger charge is -2.36. The first-order valence-electron chi connectivity index (χ1n) is 19.8. The molecule has 59 heavy (non-hydrogen) atoms. The van der Waals surface area contributed by atoms with Gasteiger partial charge in [-0.25, -0.2) is 18.2 Å². The Kier molecular flexibility index (Phi) is 11.7. The summed E-state index contributed by atoms with van der Waals surface area (Å²) in [6.45, 7) is 14.2. The fourth-order valence-corrected chi connectivity index (χ4v) is 8.65. The number of ether oxygens (including phenoxy) is 3. The van der Waals surface area contributed by atoms with Gasteiger partial charge < -0.3 is 34.6 Å². The lowest BCUT2D eigenvalue weighted by molar-refractivity contribution is -0.143. The molecule has 2 aliphatic carbocycles. The lowest BCUT2D eigenvalue weighted by Crippen LogP contribution is -2.60. The van der Waals surface area contributed by atoms with Crippen LogP contribution in [0.2, 0.25) is 0 Å². The van der Waals surface area contributed by atoms with Crippen LogP contribution in [0.5, 0.6) is 11.6 Å². The van der Waals surface area contributed by atoms with Crippen LogP contribution in [-0.2, 0) is 29.1 Å². The quantitative estimate of drug-likeness (QED) is 0.198. The Hall–Kier alpha value is -5.38. The second kappa shape index (κ2) is 16.0. The molecule has 1 aliphatic heterocycles. The number of carbonyl (C=O) groups is 4. The summed E-state index contributed by atoms with van der Waals surface area (Å²) in [7, 11) is 1.57. The van der Waals surface area contributed by atoms with Crippen LogP contribution >= 0.6 is 0 Å². The molecule has 1 saturated heterocycles. The molecule has 3 fully saturated rings. The van der Waals surface area contributed by atoms with Gasteiger partial charge in [0.2, 0.25) is 27.7 Å². The van der Waals surface area contributed by atoms with Crippen LogP contribution < -0.4 is 29.7 Å². The van der Waals surface area contributed by atoms with E-state index in [0.717, 1.165) is 16.6 Å². The zero-order chi connectivity index (χ0) is 43.2. The maximum Gasteiger partial charge on any atom is 0.408 e. The second-order valence-electron chi connectivity index (χ2n) is 18.0. The predicted molar refractivity (Wildman–Crippen MR) is 224 cm³/mol. The molecule has 4 amide bonds. The van der Waals surface area contributed by atoms with E-state index in [4.69, 9.17) is 19.2 Å². The topological polar surface area (TPSA) is 186 Å². The molecule has 3 aliphatic rings. The van der Waals surface area contributed by atoms with E-state index in [1.165, 1.54) is 11.0 Å². The number of nitrogens with one attached hydrogen (secondary N) is 3. The molecule has 0 spiro atoms. The van der Waals surface area contributed by atoms with Crippen molar-refractivity contribution in [2.75, 3.05) is 32.6 Å². The number of anilines is 1. The van der Waals surface area contributed by atoms with Crippen molar-refractivity contribution in [3.63, 3.8) is 0 Å². The molecule has 0 bridgehead atoms. The molecule has 15 nitrogen and oxygen atoms in total. The molecule has 5 atom stereocenters.